The molecule has 0 unspecified atom stereocenters. The van der Waals surface area contributed by atoms with Gasteiger partial charge < -0.3 is 24.3 Å². The van der Waals surface area contributed by atoms with E-state index < -0.39 is 56.8 Å². The molecule has 4 atom stereocenters. The van der Waals surface area contributed by atoms with Gasteiger partial charge in [0.2, 0.25) is 11.8 Å². The number of allylic oxidation sites excluding steroid dienone is 1. The number of carbonyl (C=O) groups is 3. The number of carboxylic acids is 1. The van der Waals surface area contributed by atoms with E-state index in [0.717, 1.165) is 27.1 Å². The van der Waals surface area contributed by atoms with Gasteiger partial charge in [0.05, 0.1) is 24.5 Å². The molecule has 0 radical (unpaired) electrons. The van der Waals surface area contributed by atoms with Crippen molar-refractivity contribution in [1.82, 2.24) is 4.90 Å². The van der Waals surface area contributed by atoms with Crippen molar-refractivity contribution in [3.63, 3.8) is 0 Å². The number of imide groups is 1. The summed E-state index contributed by atoms with van der Waals surface area (Å²) in [4.78, 5) is 40.8. The van der Waals surface area contributed by atoms with Gasteiger partial charge in [0.15, 0.2) is 11.6 Å². The van der Waals surface area contributed by atoms with Gasteiger partial charge in [-0.1, -0.05) is 106 Å². The highest BCUT2D eigenvalue weighted by Crippen LogP contribution is 2.51. The Hall–Kier alpha value is -4.36. The van der Waals surface area contributed by atoms with E-state index in [1.165, 1.54) is 17.0 Å². The van der Waals surface area contributed by atoms with Crippen LogP contribution in [0.4, 0.5) is 4.39 Å². The zero-order valence-electron chi connectivity index (χ0n) is 32.7. The van der Waals surface area contributed by atoms with Gasteiger partial charge in [-0.05, 0) is 95.5 Å². The van der Waals surface area contributed by atoms with E-state index in [0.29, 0.717) is 44.1 Å². The summed E-state index contributed by atoms with van der Waals surface area (Å²) in [7, 11) is -4.15. The molecule has 3 aromatic carbocycles. The lowest BCUT2D eigenvalue weighted by molar-refractivity contribution is -0.141. The topological polar surface area (TPSA) is 134 Å². The second-order valence-electron chi connectivity index (χ2n) is 16.5. The number of hydrogen-bond acceptors (Lipinski definition) is 7. The van der Waals surface area contributed by atoms with Crippen LogP contribution in [0.2, 0.25) is 11.4 Å². The molecular weight excluding hydrogens is 728 g/mol. The summed E-state index contributed by atoms with van der Waals surface area (Å²) >= 11 is 0. The maximum absolute atomic E-state index is 14.2. The SMILES string of the molecule is C/C(=C\c1ccc(O)c(F)c1)CC[C@H]1OB(O)C[C@H]2C1=C(CO[Si](c1ccccc1)(c1ccccc1)C(C)(C)C)C[C@H]1C(=O)N(CCCCCC(=O)O)C(=O)[C@H]12. The van der Waals surface area contributed by atoms with Crippen molar-refractivity contribution in [2.24, 2.45) is 17.8 Å². The minimum Gasteiger partial charge on any atom is -0.505 e. The van der Waals surface area contributed by atoms with E-state index in [2.05, 4.69) is 45.0 Å². The van der Waals surface area contributed by atoms with Crippen LogP contribution < -0.4 is 10.4 Å². The molecule has 2 saturated heterocycles. The molecule has 9 nitrogen and oxygen atoms in total. The predicted octanol–water partition coefficient (Wildman–Crippen LogP) is 6.73. The van der Waals surface area contributed by atoms with Crippen molar-refractivity contribution in [3.05, 3.63) is 107 Å². The molecule has 0 saturated carbocycles. The van der Waals surface area contributed by atoms with Crippen molar-refractivity contribution in [2.45, 2.75) is 90.1 Å². The Morgan fingerprint density at radius 3 is 2.23 bits per heavy atom. The molecule has 2 aliphatic heterocycles. The molecule has 0 aromatic heterocycles. The molecule has 3 aromatic rings. The van der Waals surface area contributed by atoms with Crippen LogP contribution in [0.3, 0.4) is 0 Å². The number of unbranched alkanes of at least 4 members (excludes halogenated alkanes) is 2. The number of phenolic OH excluding ortho intramolecular Hbond substituents is 1. The van der Waals surface area contributed by atoms with Gasteiger partial charge in [0.1, 0.15) is 0 Å². The fourth-order valence-electron chi connectivity index (χ4n) is 9.19. The Labute approximate surface area is 330 Å². The van der Waals surface area contributed by atoms with Crippen LogP contribution in [0.5, 0.6) is 5.75 Å². The highest BCUT2D eigenvalue weighted by atomic mass is 28.4. The summed E-state index contributed by atoms with van der Waals surface area (Å²) in [6.07, 6.45) is 4.42. The normalized spacial score (nSPS) is 21.7. The molecule has 2 heterocycles. The van der Waals surface area contributed by atoms with Crippen molar-refractivity contribution >= 4 is 49.7 Å². The zero-order chi connectivity index (χ0) is 40.2. The average Bonchev–Trinajstić information content (AvgIpc) is 3.40. The molecule has 3 N–H and O–H groups in total. The molecule has 2 amide bonds. The lowest BCUT2D eigenvalue weighted by atomic mass is 9.58. The van der Waals surface area contributed by atoms with Crippen molar-refractivity contribution in [1.29, 1.82) is 0 Å². The van der Waals surface area contributed by atoms with Gasteiger partial charge in [-0.15, -0.1) is 0 Å². The Morgan fingerprint density at radius 2 is 1.62 bits per heavy atom. The molecule has 3 aliphatic rings. The minimum atomic E-state index is -3.01. The fourth-order valence-corrected chi connectivity index (χ4v) is 13.7. The molecule has 2 fully saturated rings. The number of nitrogens with zero attached hydrogens (tertiary/aromatic N) is 1. The van der Waals surface area contributed by atoms with Crippen LogP contribution >= 0.6 is 0 Å². The number of phenols is 1. The second-order valence-corrected chi connectivity index (χ2v) is 20.8. The number of aliphatic carboxylic acids is 1. The number of fused-ring (bicyclic) bond motifs is 3. The minimum absolute atomic E-state index is 0.0386. The number of halogens is 1. The lowest BCUT2D eigenvalue weighted by Gasteiger charge is -2.46. The smallest absolute Gasteiger partial charge is 0.455 e. The molecule has 0 spiro atoms. The van der Waals surface area contributed by atoms with Gasteiger partial charge >= 0.3 is 13.1 Å². The monoisotopic (exact) mass is 781 g/mol. The van der Waals surface area contributed by atoms with Crippen molar-refractivity contribution in [2.75, 3.05) is 13.2 Å². The molecule has 6 rings (SSSR count). The van der Waals surface area contributed by atoms with E-state index in [1.54, 1.807) is 6.07 Å². The third kappa shape index (κ3) is 8.63. The van der Waals surface area contributed by atoms with Gasteiger partial charge in [-0.3, -0.25) is 19.3 Å². The van der Waals surface area contributed by atoms with Gasteiger partial charge in [0.25, 0.3) is 8.32 Å². The molecule has 12 heteroatoms. The predicted molar refractivity (Wildman–Crippen MR) is 217 cm³/mol. The number of benzene rings is 3. The largest absolute Gasteiger partial charge is 0.505 e. The number of hydrogen-bond donors (Lipinski definition) is 3. The second kappa shape index (κ2) is 17.4. The molecular formula is C44H53BFNO8Si. The molecule has 0 bridgehead atoms. The number of likely N-dealkylation sites (tertiary alicyclic amines) is 1. The quantitative estimate of drug-likeness (QED) is 0.0670. The van der Waals surface area contributed by atoms with Crippen LogP contribution in [-0.4, -0.2) is 72.6 Å². The summed E-state index contributed by atoms with van der Waals surface area (Å²) in [5, 5.41) is 31.9. The van der Waals surface area contributed by atoms with Crippen LogP contribution in [-0.2, 0) is 23.5 Å². The number of aromatic hydroxyl groups is 1. The molecule has 56 heavy (non-hydrogen) atoms. The Bertz CT molecular complexity index is 1930. The first-order valence-electron chi connectivity index (χ1n) is 19.7. The van der Waals surface area contributed by atoms with E-state index >= 15 is 0 Å². The third-order valence-electron chi connectivity index (χ3n) is 11.7. The number of rotatable bonds is 15. The standard InChI is InChI=1S/C44H53BFNO8Si/c1-29(24-30-20-21-37(48)36(46)25-30)19-22-38-40-31(28-54-56(44(2,3)4,32-14-8-5-9-15-32)33-16-10-6-11-17-33)26-34-41(35(40)27-45(53)55-38)43(52)47(42(34)51)23-13-7-12-18-39(49)50/h5-6,8-11,14-17,20-21,24-25,34-35,38,41,48,53H,7,12-13,18-19,22-23,26-28H2,1-4H3,(H,49,50)/b29-24+/t34-,35+,38-,41-/m1/s1. The van der Waals surface area contributed by atoms with E-state index in [1.807, 2.05) is 49.4 Å². The zero-order valence-corrected chi connectivity index (χ0v) is 33.7. The summed E-state index contributed by atoms with van der Waals surface area (Å²) in [5.74, 6) is -4.15. The third-order valence-corrected chi connectivity index (χ3v) is 16.7. The summed E-state index contributed by atoms with van der Waals surface area (Å²) in [6.45, 7) is 9.01. The maximum atomic E-state index is 14.2. The van der Waals surface area contributed by atoms with Crippen LogP contribution in [0.1, 0.15) is 78.2 Å². The number of carbonyl (C=O) groups excluding carboxylic acids is 2. The number of amides is 2. The Balaban J connectivity index is 1.37. The fraction of sp³-hybridized carbons (Fsp3) is 0.432. The van der Waals surface area contributed by atoms with Crippen LogP contribution in [0.25, 0.3) is 6.08 Å². The van der Waals surface area contributed by atoms with Gasteiger partial charge in [-0.2, -0.15) is 0 Å². The summed E-state index contributed by atoms with van der Waals surface area (Å²) in [6, 6.07) is 24.9. The highest BCUT2D eigenvalue weighted by molar-refractivity contribution is 6.99. The summed E-state index contributed by atoms with van der Waals surface area (Å²) in [5.41, 5.74) is 3.39. The van der Waals surface area contributed by atoms with E-state index in [-0.39, 0.29) is 42.7 Å². The Kier molecular flexibility index (Phi) is 12.8. The molecule has 1 aliphatic carbocycles. The van der Waals surface area contributed by atoms with Gasteiger partial charge in [0, 0.05) is 13.0 Å². The first-order chi connectivity index (χ1) is 26.7. The van der Waals surface area contributed by atoms with Crippen LogP contribution in [0.15, 0.2) is 95.6 Å². The van der Waals surface area contributed by atoms with Crippen molar-refractivity contribution < 1.29 is 43.1 Å². The van der Waals surface area contributed by atoms with E-state index in [4.69, 9.17) is 14.2 Å². The number of carboxylic acid groups (broad SMARTS) is 1. The maximum Gasteiger partial charge on any atom is 0.455 e. The molecule has 296 valence electrons. The van der Waals surface area contributed by atoms with E-state index in [9.17, 15) is 28.9 Å². The lowest BCUT2D eigenvalue weighted by Crippen LogP contribution is -2.66. The Morgan fingerprint density at radius 1 is 0.964 bits per heavy atom. The average molecular weight is 782 g/mol. The van der Waals surface area contributed by atoms with Gasteiger partial charge in [-0.25, -0.2) is 4.39 Å². The van der Waals surface area contributed by atoms with Crippen molar-refractivity contribution in [3.8, 4) is 5.75 Å². The first kappa shape index (κ1) is 41.3. The summed E-state index contributed by atoms with van der Waals surface area (Å²) < 4.78 is 27.9. The first-order valence-corrected chi connectivity index (χ1v) is 21.6. The highest BCUT2D eigenvalue weighted by Gasteiger charge is 2.58. The van der Waals surface area contributed by atoms with Crippen LogP contribution in [0, 0.1) is 23.6 Å².